The molecular formula is C19H31IN4O3S. The molecule has 28 heavy (non-hydrogen) atoms. The number of aliphatic hydroxyl groups is 1. The van der Waals surface area contributed by atoms with Crippen molar-refractivity contribution >= 4 is 40.0 Å². The van der Waals surface area contributed by atoms with Gasteiger partial charge in [-0.1, -0.05) is 18.2 Å². The van der Waals surface area contributed by atoms with E-state index in [1.165, 1.54) is 0 Å². The molecule has 0 bridgehead atoms. The van der Waals surface area contributed by atoms with Gasteiger partial charge in [0.2, 0.25) is 10.0 Å². The van der Waals surface area contributed by atoms with Crippen LogP contribution < -0.4 is 5.32 Å². The van der Waals surface area contributed by atoms with Gasteiger partial charge < -0.3 is 15.3 Å². The van der Waals surface area contributed by atoms with Crippen molar-refractivity contribution in [2.45, 2.75) is 37.2 Å². The molecule has 2 N–H and O–H groups in total. The van der Waals surface area contributed by atoms with E-state index < -0.39 is 10.0 Å². The van der Waals surface area contributed by atoms with E-state index in [2.05, 4.69) is 10.2 Å². The van der Waals surface area contributed by atoms with Crippen LogP contribution in [0.2, 0.25) is 0 Å². The van der Waals surface area contributed by atoms with Gasteiger partial charge in [-0.05, 0) is 44.2 Å². The van der Waals surface area contributed by atoms with Gasteiger partial charge in [-0.2, -0.15) is 4.31 Å². The monoisotopic (exact) mass is 522 g/mol. The highest BCUT2D eigenvalue weighted by Crippen LogP contribution is 2.24. The summed E-state index contributed by atoms with van der Waals surface area (Å²) in [4.78, 5) is 7.22. The normalized spacial score (nSPS) is 22.1. The summed E-state index contributed by atoms with van der Waals surface area (Å²) in [6.45, 7) is 6.04. The number of halogens is 1. The van der Waals surface area contributed by atoms with E-state index in [1.807, 2.05) is 13.0 Å². The highest BCUT2D eigenvalue weighted by molar-refractivity contribution is 14.0. The van der Waals surface area contributed by atoms with Gasteiger partial charge in [-0.15, -0.1) is 24.0 Å². The molecule has 2 aliphatic rings. The lowest BCUT2D eigenvalue weighted by atomic mass is 9.98. The molecule has 0 amide bonds. The van der Waals surface area contributed by atoms with Crippen molar-refractivity contribution in [2.75, 3.05) is 39.3 Å². The number of nitrogens with zero attached hydrogens (tertiary/aromatic N) is 3. The maximum absolute atomic E-state index is 12.7. The number of hydrogen-bond donors (Lipinski definition) is 2. The first kappa shape index (κ1) is 23.4. The number of likely N-dealkylation sites (tertiary alicyclic amines) is 1. The Morgan fingerprint density at radius 3 is 2.43 bits per heavy atom. The lowest BCUT2D eigenvalue weighted by Gasteiger charge is -2.31. The maximum Gasteiger partial charge on any atom is 0.243 e. The molecule has 0 unspecified atom stereocenters. The second-order valence-electron chi connectivity index (χ2n) is 7.24. The van der Waals surface area contributed by atoms with Crippen LogP contribution in [0.5, 0.6) is 0 Å². The van der Waals surface area contributed by atoms with Crippen molar-refractivity contribution < 1.29 is 13.5 Å². The van der Waals surface area contributed by atoms with Gasteiger partial charge in [-0.25, -0.2) is 8.42 Å². The van der Waals surface area contributed by atoms with Gasteiger partial charge >= 0.3 is 0 Å². The third-order valence-electron chi connectivity index (χ3n) is 5.25. The van der Waals surface area contributed by atoms with Crippen LogP contribution >= 0.6 is 24.0 Å². The molecule has 1 atom stereocenters. The summed E-state index contributed by atoms with van der Waals surface area (Å²) in [6, 6.07) is 8.64. The quantitative estimate of drug-likeness (QED) is 0.350. The molecule has 0 aromatic heterocycles. The Kier molecular flexibility index (Phi) is 8.97. The second kappa shape index (κ2) is 10.7. The zero-order valence-electron chi connectivity index (χ0n) is 16.3. The first-order valence-corrected chi connectivity index (χ1v) is 11.2. The van der Waals surface area contributed by atoms with E-state index in [0.29, 0.717) is 37.0 Å². The molecule has 1 aromatic carbocycles. The lowest BCUT2D eigenvalue weighted by Crippen LogP contribution is -2.42. The molecule has 2 heterocycles. The first-order valence-electron chi connectivity index (χ1n) is 9.77. The molecule has 0 saturated carbocycles. The topological polar surface area (TPSA) is 85.2 Å². The number of piperidine rings is 1. The summed E-state index contributed by atoms with van der Waals surface area (Å²) in [5.74, 6) is 1.24. The first-order chi connectivity index (χ1) is 13.0. The highest BCUT2D eigenvalue weighted by Gasteiger charge is 2.29. The molecular weight excluding hydrogens is 491 g/mol. The summed E-state index contributed by atoms with van der Waals surface area (Å²) >= 11 is 0. The van der Waals surface area contributed by atoms with Crippen molar-refractivity contribution in [3.8, 4) is 0 Å². The van der Waals surface area contributed by atoms with E-state index in [0.717, 1.165) is 38.3 Å². The van der Waals surface area contributed by atoms with Crippen LogP contribution in [0.25, 0.3) is 0 Å². The Hall–Kier alpha value is -0.910. The fourth-order valence-corrected chi connectivity index (χ4v) is 5.14. The van der Waals surface area contributed by atoms with Crippen molar-refractivity contribution in [2.24, 2.45) is 10.9 Å². The van der Waals surface area contributed by atoms with Crippen LogP contribution in [-0.4, -0.2) is 74.1 Å². The predicted octanol–water partition coefficient (Wildman–Crippen LogP) is 1.74. The molecule has 7 nitrogen and oxygen atoms in total. The average Bonchev–Trinajstić information content (AvgIpc) is 3.12. The summed E-state index contributed by atoms with van der Waals surface area (Å²) in [6.07, 6.45) is 2.13. The van der Waals surface area contributed by atoms with Gasteiger partial charge in [0.05, 0.1) is 11.0 Å². The van der Waals surface area contributed by atoms with Gasteiger partial charge in [-0.3, -0.25) is 4.99 Å². The SMILES string of the molecule is CCNC(=NCC1CCN(S(=O)(=O)c2ccccc2)CC1)N1CC[C@@H](O)C1.I. The zero-order valence-corrected chi connectivity index (χ0v) is 19.5. The van der Waals surface area contributed by atoms with Crippen molar-refractivity contribution in [3.63, 3.8) is 0 Å². The molecule has 0 aliphatic carbocycles. The Balaban J connectivity index is 0.00000280. The Morgan fingerprint density at radius 2 is 1.86 bits per heavy atom. The van der Waals surface area contributed by atoms with Crippen LogP contribution in [0.4, 0.5) is 0 Å². The Morgan fingerprint density at radius 1 is 1.18 bits per heavy atom. The number of rotatable bonds is 5. The molecule has 9 heteroatoms. The van der Waals surface area contributed by atoms with Gasteiger partial charge in [0.1, 0.15) is 0 Å². The summed E-state index contributed by atoms with van der Waals surface area (Å²) in [5.41, 5.74) is 0. The van der Waals surface area contributed by atoms with Crippen LogP contribution in [0.3, 0.4) is 0 Å². The molecule has 2 aliphatic heterocycles. The van der Waals surface area contributed by atoms with E-state index in [9.17, 15) is 13.5 Å². The van der Waals surface area contributed by atoms with Gasteiger partial charge in [0.15, 0.2) is 5.96 Å². The number of benzene rings is 1. The molecule has 2 saturated heterocycles. The number of sulfonamides is 1. The number of aliphatic imine (C=N–C) groups is 1. The molecule has 158 valence electrons. The van der Waals surface area contributed by atoms with Crippen molar-refractivity contribution in [1.29, 1.82) is 0 Å². The number of hydrogen-bond acceptors (Lipinski definition) is 4. The second-order valence-corrected chi connectivity index (χ2v) is 9.18. The van der Waals surface area contributed by atoms with Crippen molar-refractivity contribution in [3.05, 3.63) is 30.3 Å². The van der Waals surface area contributed by atoms with E-state index >= 15 is 0 Å². The molecule has 1 aromatic rings. The largest absolute Gasteiger partial charge is 0.391 e. The minimum absolute atomic E-state index is 0. The Bertz CT molecular complexity index is 737. The van der Waals surface area contributed by atoms with Crippen molar-refractivity contribution in [1.82, 2.24) is 14.5 Å². The maximum atomic E-state index is 12.7. The molecule has 2 fully saturated rings. The van der Waals surface area contributed by atoms with Crippen LogP contribution in [-0.2, 0) is 10.0 Å². The van der Waals surface area contributed by atoms with Crippen LogP contribution in [0.15, 0.2) is 40.2 Å². The highest BCUT2D eigenvalue weighted by atomic mass is 127. The van der Waals surface area contributed by atoms with E-state index in [-0.39, 0.29) is 30.1 Å². The predicted molar refractivity (Wildman–Crippen MR) is 122 cm³/mol. The third kappa shape index (κ3) is 5.80. The van der Waals surface area contributed by atoms with Gasteiger partial charge in [0, 0.05) is 39.3 Å². The number of β-amino-alcohol motifs (C(OH)–C–C–N with tert-alkyl or cyclic N) is 1. The molecule has 0 radical (unpaired) electrons. The molecule has 0 spiro atoms. The number of nitrogens with one attached hydrogen (secondary N) is 1. The Labute approximate surface area is 185 Å². The number of guanidine groups is 1. The third-order valence-corrected chi connectivity index (χ3v) is 7.16. The van der Waals surface area contributed by atoms with Crippen LogP contribution in [0, 0.1) is 5.92 Å². The summed E-state index contributed by atoms with van der Waals surface area (Å²) < 4.78 is 27.0. The standard InChI is InChI=1S/C19H30N4O3S.HI/c1-2-20-19(22-11-10-17(24)15-22)21-14-16-8-12-23(13-9-16)27(25,26)18-6-4-3-5-7-18;/h3-7,16-17,24H,2,8-15H2,1H3,(H,20,21);1H/t17-;/m1./s1. The van der Waals surface area contributed by atoms with Crippen LogP contribution in [0.1, 0.15) is 26.2 Å². The molecule has 3 rings (SSSR count). The van der Waals surface area contributed by atoms with E-state index in [1.54, 1.807) is 28.6 Å². The smallest absolute Gasteiger partial charge is 0.243 e. The fourth-order valence-electron chi connectivity index (χ4n) is 3.65. The van der Waals surface area contributed by atoms with E-state index in [4.69, 9.17) is 4.99 Å². The summed E-state index contributed by atoms with van der Waals surface area (Å²) in [5, 5.41) is 13.0. The average molecular weight is 522 g/mol. The minimum atomic E-state index is -3.40. The van der Waals surface area contributed by atoms with Gasteiger partial charge in [0.25, 0.3) is 0 Å². The zero-order chi connectivity index (χ0) is 19.3. The minimum Gasteiger partial charge on any atom is -0.391 e. The summed E-state index contributed by atoms with van der Waals surface area (Å²) in [7, 11) is -3.40. The number of aliphatic hydroxyl groups excluding tert-OH is 1. The fraction of sp³-hybridized carbons (Fsp3) is 0.632. The lowest BCUT2D eigenvalue weighted by molar-refractivity contribution is 0.187.